The van der Waals surface area contributed by atoms with Crippen LogP contribution in [-0.2, 0) is 4.74 Å². The first-order chi connectivity index (χ1) is 11.0. The number of thiocarbonyl (C=S) groups is 1. The Balaban J connectivity index is 2.70. The maximum Gasteiger partial charge on any atom is 0.187 e. The number of nitrogens with zero attached hydrogens (tertiary/aromatic N) is 1. The minimum absolute atomic E-state index is 0.0928. The average Bonchev–Trinajstić information content (AvgIpc) is 2.49. The Labute approximate surface area is 147 Å². The van der Waals surface area contributed by atoms with E-state index in [9.17, 15) is 0 Å². The number of ether oxygens (including phenoxy) is 3. The van der Waals surface area contributed by atoms with Gasteiger partial charge >= 0.3 is 0 Å². The smallest absolute Gasteiger partial charge is 0.187 e. The van der Waals surface area contributed by atoms with E-state index < -0.39 is 0 Å². The first kappa shape index (κ1) is 19.5. The summed E-state index contributed by atoms with van der Waals surface area (Å²) in [6.07, 6.45) is 1.60. The van der Waals surface area contributed by atoms with Crippen LogP contribution >= 0.6 is 23.8 Å². The minimum atomic E-state index is 0.0928. The Bertz CT molecular complexity index is 555. The molecule has 1 aromatic carbocycles. The second-order valence-corrected chi connectivity index (χ2v) is 5.48. The highest BCUT2D eigenvalue weighted by atomic mass is 35.5. The maximum atomic E-state index is 6.20. The predicted octanol–water partition coefficient (Wildman–Crippen LogP) is 2.58. The fraction of sp³-hybridized carbons (Fsp3) is 0.467. The molecule has 1 rings (SSSR count). The molecule has 0 fully saturated rings. The van der Waals surface area contributed by atoms with Crippen LogP contribution in [0.3, 0.4) is 0 Å². The second-order valence-electron chi connectivity index (χ2n) is 4.67. The normalized spacial score (nSPS) is 12.0. The molecule has 0 saturated heterocycles. The standard InChI is InChI=1S/C15H22ClN3O3S/c1-5-22-14-12(16)6-11(7-13(14)21-4)8-17-19-15(23)18-10(2)9-20-3/h6-8,10H,5,9H2,1-4H3,(H2,18,19,23)/b17-8-/t10-/m1/s1. The van der Waals surface area contributed by atoms with E-state index >= 15 is 0 Å². The van der Waals surface area contributed by atoms with Gasteiger partial charge in [0.05, 0.1) is 31.6 Å². The van der Waals surface area contributed by atoms with Gasteiger partial charge in [0.1, 0.15) is 0 Å². The van der Waals surface area contributed by atoms with Crippen LogP contribution in [0.4, 0.5) is 0 Å². The summed E-state index contributed by atoms with van der Waals surface area (Å²) in [6, 6.07) is 3.62. The van der Waals surface area contributed by atoms with Crippen LogP contribution < -0.4 is 20.2 Å². The Morgan fingerprint density at radius 1 is 1.43 bits per heavy atom. The summed E-state index contributed by atoms with van der Waals surface area (Å²) < 4.78 is 15.8. The number of hydrazone groups is 1. The zero-order valence-corrected chi connectivity index (χ0v) is 15.3. The first-order valence-corrected chi connectivity index (χ1v) is 7.89. The molecule has 2 N–H and O–H groups in total. The monoisotopic (exact) mass is 359 g/mol. The summed E-state index contributed by atoms with van der Waals surface area (Å²) in [5.41, 5.74) is 3.50. The maximum absolute atomic E-state index is 6.20. The topological polar surface area (TPSA) is 64.1 Å². The van der Waals surface area contributed by atoms with Crippen molar-refractivity contribution >= 4 is 35.1 Å². The van der Waals surface area contributed by atoms with Gasteiger partial charge in [-0.05, 0) is 43.8 Å². The molecular weight excluding hydrogens is 338 g/mol. The van der Waals surface area contributed by atoms with E-state index in [2.05, 4.69) is 15.8 Å². The average molecular weight is 360 g/mol. The molecule has 0 heterocycles. The van der Waals surface area contributed by atoms with Gasteiger partial charge in [-0.3, -0.25) is 5.43 Å². The molecule has 0 bridgehead atoms. The number of rotatable bonds is 8. The van der Waals surface area contributed by atoms with Gasteiger partial charge in [-0.15, -0.1) is 0 Å². The number of halogens is 1. The van der Waals surface area contributed by atoms with Gasteiger partial charge in [-0.25, -0.2) is 0 Å². The Morgan fingerprint density at radius 2 is 2.17 bits per heavy atom. The van der Waals surface area contributed by atoms with Crippen molar-refractivity contribution in [2.24, 2.45) is 5.10 Å². The number of benzene rings is 1. The van der Waals surface area contributed by atoms with E-state index in [4.69, 9.17) is 38.0 Å². The molecule has 1 atom stereocenters. The van der Waals surface area contributed by atoms with Crippen molar-refractivity contribution in [3.63, 3.8) is 0 Å². The highest BCUT2D eigenvalue weighted by molar-refractivity contribution is 7.80. The lowest BCUT2D eigenvalue weighted by atomic mass is 10.2. The molecule has 0 radical (unpaired) electrons. The van der Waals surface area contributed by atoms with E-state index in [1.165, 1.54) is 0 Å². The van der Waals surface area contributed by atoms with Crippen molar-refractivity contribution in [2.45, 2.75) is 19.9 Å². The van der Waals surface area contributed by atoms with Crippen LogP contribution in [0.15, 0.2) is 17.2 Å². The molecule has 1 aromatic rings. The lowest BCUT2D eigenvalue weighted by molar-refractivity contribution is 0.179. The molecule has 0 amide bonds. The van der Waals surface area contributed by atoms with Gasteiger partial charge in [0.25, 0.3) is 0 Å². The molecule has 6 nitrogen and oxygen atoms in total. The molecule has 0 saturated carbocycles. The summed E-state index contributed by atoms with van der Waals surface area (Å²) in [4.78, 5) is 0. The molecule has 0 aliphatic heterocycles. The van der Waals surface area contributed by atoms with Crippen LogP contribution in [0.1, 0.15) is 19.4 Å². The van der Waals surface area contributed by atoms with Gasteiger partial charge in [-0.1, -0.05) is 11.6 Å². The zero-order valence-electron chi connectivity index (χ0n) is 13.7. The van der Waals surface area contributed by atoms with E-state index in [0.717, 1.165) is 5.56 Å². The second kappa shape index (κ2) is 10.3. The summed E-state index contributed by atoms with van der Waals surface area (Å²) >= 11 is 11.3. The fourth-order valence-electron chi connectivity index (χ4n) is 1.81. The van der Waals surface area contributed by atoms with Crippen molar-refractivity contribution in [2.75, 3.05) is 27.4 Å². The van der Waals surface area contributed by atoms with Crippen LogP contribution in [-0.4, -0.2) is 44.8 Å². The molecule has 23 heavy (non-hydrogen) atoms. The molecule has 0 aliphatic carbocycles. The lowest BCUT2D eigenvalue weighted by Gasteiger charge is -2.14. The summed E-state index contributed by atoms with van der Waals surface area (Å²) in [6.45, 7) is 4.90. The number of hydrogen-bond donors (Lipinski definition) is 2. The third kappa shape index (κ3) is 6.60. The molecule has 0 aliphatic rings. The van der Waals surface area contributed by atoms with E-state index in [-0.39, 0.29) is 6.04 Å². The summed E-state index contributed by atoms with van der Waals surface area (Å²) in [7, 11) is 3.19. The highest BCUT2D eigenvalue weighted by Gasteiger charge is 2.10. The predicted molar refractivity (Wildman–Crippen MR) is 97.0 cm³/mol. The fourth-order valence-corrected chi connectivity index (χ4v) is 2.34. The van der Waals surface area contributed by atoms with Crippen molar-refractivity contribution in [3.05, 3.63) is 22.7 Å². The van der Waals surface area contributed by atoms with Crippen molar-refractivity contribution in [1.29, 1.82) is 0 Å². The van der Waals surface area contributed by atoms with Crippen molar-refractivity contribution in [1.82, 2.24) is 10.7 Å². The van der Waals surface area contributed by atoms with Gasteiger partial charge < -0.3 is 19.5 Å². The zero-order chi connectivity index (χ0) is 17.2. The van der Waals surface area contributed by atoms with Gasteiger partial charge in [0.15, 0.2) is 16.6 Å². The Hall–Kier alpha value is -1.57. The SMILES string of the molecule is CCOc1c(Cl)cc(/C=N\NC(=S)N[C@H](C)COC)cc1OC. The molecule has 0 unspecified atom stereocenters. The molecule has 0 spiro atoms. The molecule has 128 valence electrons. The Morgan fingerprint density at radius 3 is 2.78 bits per heavy atom. The van der Waals surface area contributed by atoms with E-state index in [0.29, 0.717) is 34.8 Å². The molecular formula is C15H22ClN3O3S. The Kier molecular flexibility index (Phi) is 8.68. The third-order valence-corrected chi connectivity index (χ3v) is 3.20. The van der Waals surface area contributed by atoms with Crippen LogP contribution in [0, 0.1) is 0 Å². The number of methoxy groups -OCH3 is 2. The van der Waals surface area contributed by atoms with Crippen LogP contribution in [0.25, 0.3) is 0 Å². The minimum Gasteiger partial charge on any atom is -0.493 e. The quantitative estimate of drug-likeness (QED) is 0.422. The van der Waals surface area contributed by atoms with Crippen LogP contribution in [0.2, 0.25) is 5.02 Å². The van der Waals surface area contributed by atoms with E-state index in [1.807, 2.05) is 13.8 Å². The van der Waals surface area contributed by atoms with E-state index in [1.54, 1.807) is 32.6 Å². The lowest BCUT2D eigenvalue weighted by Crippen LogP contribution is -2.40. The summed E-state index contributed by atoms with van der Waals surface area (Å²) in [5.74, 6) is 1.07. The van der Waals surface area contributed by atoms with Gasteiger partial charge in [0, 0.05) is 13.2 Å². The summed E-state index contributed by atoms with van der Waals surface area (Å²) in [5, 5.41) is 7.98. The third-order valence-electron chi connectivity index (χ3n) is 2.71. The van der Waals surface area contributed by atoms with Crippen LogP contribution in [0.5, 0.6) is 11.5 Å². The number of nitrogens with one attached hydrogen (secondary N) is 2. The largest absolute Gasteiger partial charge is 0.493 e. The van der Waals surface area contributed by atoms with Crippen molar-refractivity contribution in [3.8, 4) is 11.5 Å². The van der Waals surface area contributed by atoms with Crippen molar-refractivity contribution < 1.29 is 14.2 Å². The first-order valence-electron chi connectivity index (χ1n) is 7.10. The van der Waals surface area contributed by atoms with Gasteiger partial charge in [0.2, 0.25) is 0 Å². The van der Waals surface area contributed by atoms with Gasteiger partial charge in [-0.2, -0.15) is 5.10 Å². The molecule has 8 heteroatoms. The number of hydrogen-bond acceptors (Lipinski definition) is 5. The molecule has 0 aromatic heterocycles. The highest BCUT2D eigenvalue weighted by Crippen LogP contribution is 2.35.